The highest BCUT2D eigenvalue weighted by Gasteiger charge is 2.59. The molecule has 0 radical (unpaired) electrons. The van der Waals surface area contributed by atoms with E-state index in [2.05, 4.69) is 55.1 Å². The lowest BCUT2D eigenvalue weighted by Gasteiger charge is -2.45. The molecule has 0 fully saturated rings. The Morgan fingerprint density at radius 3 is 2.56 bits per heavy atom. The van der Waals surface area contributed by atoms with Crippen LogP contribution in [0.15, 0.2) is 71.7 Å². The molecule has 32 heavy (non-hydrogen) atoms. The lowest BCUT2D eigenvalue weighted by Crippen LogP contribution is -2.61. The molecule has 0 saturated heterocycles. The molecule has 6 nitrogen and oxygen atoms in total. The van der Waals surface area contributed by atoms with E-state index in [1.807, 2.05) is 25.4 Å². The first-order valence-electron chi connectivity index (χ1n) is 10.5. The van der Waals surface area contributed by atoms with Crippen LogP contribution in [-0.4, -0.2) is 23.9 Å². The molecule has 6 rings (SSSR count). The quantitative estimate of drug-likeness (QED) is 0.273. The number of aliphatic imine (C=N–C) groups is 1. The Morgan fingerprint density at radius 1 is 0.969 bits per heavy atom. The zero-order valence-corrected chi connectivity index (χ0v) is 18.0. The normalized spacial score (nSPS) is 20.4. The molecule has 1 spiro atoms. The van der Waals surface area contributed by atoms with Gasteiger partial charge in [-0.1, -0.05) is 36.4 Å². The molecular formula is C26H21N3O3. The summed E-state index contributed by atoms with van der Waals surface area (Å²) in [4.78, 5) is 17.8. The van der Waals surface area contributed by atoms with E-state index in [1.54, 1.807) is 12.1 Å². The number of hydrogen-bond acceptors (Lipinski definition) is 5. The van der Waals surface area contributed by atoms with Crippen molar-refractivity contribution in [1.82, 2.24) is 0 Å². The van der Waals surface area contributed by atoms with E-state index in [1.165, 1.54) is 22.4 Å². The van der Waals surface area contributed by atoms with Gasteiger partial charge < -0.3 is 9.64 Å². The van der Waals surface area contributed by atoms with E-state index in [0.29, 0.717) is 11.4 Å². The van der Waals surface area contributed by atoms with Crippen molar-refractivity contribution < 1.29 is 9.66 Å². The number of rotatable bonds is 1. The van der Waals surface area contributed by atoms with Crippen LogP contribution in [0.3, 0.4) is 0 Å². The third kappa shape index (κ3) is 2.21. The fourth-order valence-electron chi connectivity index (χ4n) is 5.37. The van der Waals surface area contributed by atoms with Gasteiger partial charge >= 0.3 is 0 Å². The second kappa shape index (κ2) is 6.07. The summed E-state index contributed by atoms with van der Waals surface area (Å²) in [6.45, 7) is 4.40. The number of nitro benzene ring substituents is 1. The Labute approximate surface area is 184 Å². The molecule has 0 aromatic heterocycles. The number of nitrogens with zero attached hydrogens (tertiary/aromatic N) is 3. The first-order valence-corrected chi connectivity index (χ1v) is 10.5. The van der Waals surface area contributed by atoms with Crippen LogP contribution in [-0.2, 0) is 5.41 Å². The van der Waals surface area contributed by atoms with Gasteiger partial charge in [-0.05, 0) is 53.8 Å². The fraction of sp³-hybridized carbons (Fsp3) is 0.192. The lowest BCUT2D eigenvalue weighted by molar-refractivity contribution is -0.384. The zero-order chi connectivity index (χ0) is 22.3. The van der Waals surface area contributed by atoms with Gasteiger partial charge in [-0.2, -0.15) is 0 Å². The van der Waals surface area contributed by atoms with Gasteiger partial charge in [-0.15, -0.1) is 0 Å². The number of nitro groups is 1. The molecule has 2 heterocycles. The minimum absolute atomic E-state index is 0.0635. The lowest BCUT2D eigenvalue weighted by atomic mass is 9.76. The molecule has 158 valence electrons. The van der Waals surface area contributed by atoms with E-state index in [-0.39, 0.29) is 16.0 Å². The van der Waals surface area contributed by atoms with E-state index in [4.69, 9.17) is 9.73 Å². The number of hydrogen-bond donors (Lipinski definition) is 0. The molecule has 0 saturated carbocycles. The first-order chi connectivity index (χ1) is 15.3. The van der Waals surface area contributed by atoms with Crippen molar-refractivity contribution in [3.05, 3.63) is 82.4 Å². The molecule has 4 aromatic rings. The number of benzene rings is 4. The summed E-state index contributed by atoms with van der Waals surface area (Å²) in [5.41, 5.74) is 1.95. The van der Waals surface area contributed by atoms with E-state index in [0.717, 1.165) is 16.5 Å². The Kier molecular flexibility index (Phi) is 3.57. The highest BCUT2D eigenvalue weighted by Crippen LogP contribution is 2.56. The summed E-state index contributed by atoms with van der Waals surface area (Å²) in [6, 6.07) is 21.3. The smallest absolute Gasteiger partial charge is 0.270 e. The molecule has 2 aliphatic rings. The molecule has 1 unspecified atom stereocenters. The van der Waals surface area contributed by atoms with Gasteiger partial charge in [0.15, 0.2) is 0 Å². The molecule has 6 heteroatoms. The van der Waals surface area contributed by atoms with Gasteiger partial charge in [0.1, 0.15) is 11.4 Å². The van der Waals surface area contributed by atoms with Crippen LogP contribution in [0.2, 0.25) is 0 Å². The third-order valence-electron chi connectivity index (χ3n) is 7.07. The van der Waals surface area contributed by atoms with Crippen LogP contribution < -0.4 is 9.64 Å². The van der Waals surface area contributed by atoms with Gasteiger partial charge in [-0.3, -0.25) is 15.1 Å². The van der Waals surface area contributed by atoms with Gasteiger partial charge in [0.05, 0.1) is 16.6 Å². The van der Waals surface area contributed by atoms with Crippen LogP contribution in [0.5, 0.6) is 5.75 Å². The molecule has 4 aromatic carbocycles. The van der Waals surface area contributed by atoms with Crippen molar-refractivity contribution >= 4 is 44.8 Å². The maximum absolute atomic E-state index is 11.2. The number of ether oxygens (including phenoxy) is 1. The molecule has 1 atom stereocenters. The van der Waals surface area contributed by atoms with Crippen molar-refractivity contribution in [2.24, 2.45) is 4.99 Å². The van der Waals surface area contributed by atoms with Crippen molar-refractivity contribution in [2.75, 3.05) is 11.9 Å². The highest BCUT2D eigenvalue weighted by molar-refractivity contribution is 6.02. The van der Waals surface area contributed by atoms with Crippen molar-refractivity contribution in [2.45, 2.75) is 25.0 Å². The number of fused-ring (bicyclic) bond motifs is 6. The van der Waals surface area contributed by atoms with Crippen molar-refractivity contribution in [3.8, 4) is 5.75 Å². The summed E-state index contributed by atoms with van der Waals surface area (Å²) >= 11 is 0. The summed E-state index contributed by atoms with van der Waals surface area (Å²) in [5.74, 6) is 0.672. The largest absolute Gasteiger partial charge is 0.459 e. The fourth-order valence-corrected chi connectivity index (χ4v) is 5.37. The number of non-ortho nitro benzene ring substituents is 1. The van der Waals surface area contributed by atoms with Gasteiger partial charge in [0, 0.05) is 30.3 Å². The van der Waals surface area contributed by atoms with Crippen LogP contribution in [0.1, 0.15) is 19.4 Å². The van der Waals surface area contributed by atoms with Crippen LogP contribution in [0.25, 0.3) is 21.5 Å². The first kappa shape index (κ1) is 18.8. The minimum atomic E-state index is -0.791. The summed E-state index contributed by atoms with van der Waals surface area (Å²) < 4.78 is 6.77. The van der Waals surface area contributed by atoms with Crippen LogP contribution >= 0.6 is 0 Å². The summed E-state index contributed by atoms with van der Waals surface area (Å²) in [6.07, 6.45) is 1.89. The topological polar surface area (TPSA) is 68.0 Å². The Morgan fingerprint density at radius 2 is 1.75 bits per heavy atom. The average molecular weight is 423 g/mol. The predicted octanol–water partition coefficient (Wildman–Crippen LogP) is 6.12. The van der Waals surface area contributed by atoms with E-state index < -0.39 is 5.72 Å². The maximum Gasteiger partial charge on any atom is 0.270 e. The molecular weight excluding hydrogens is 402 g/mol. The second-order valence-corrected chi connectivity index (χ2v) is 9.00. The summed E-state index contributed by atoms with van der Waals surface area (Å²) in [5, 5.41) is 15.2. The van der Waals surface area contributed by atoms with E-state index >= 15 is 0 Å². The Bertz CT molecular complexity index is 1490. The SMILES string of the molecule is CN1c2ccc3ccccc3c2C(C)(C)C12C=Nc1c(ccc3cc([N+](=O)[O-])ccc13)O2. The highest BCUT2D eigenvalue weighted by atomic mass is 16.6. The summed E-state index contributed by atoms with van der Waals surface area (Å²) in [7, 11) is 2.05. The van der Waals surface area contributed by atoms with Crippen molar-refractivity contribution in [1.29, 1.82) is 0 Å². The number of anilines is 1. The second-order valence-electron chi connectivity index (χ2n) is 9.00. The van der Waals surface area contributed by atoms with Gasteiger partial charge in [0.2, 0.25) is 5.72 Å². The van der Waals surface area contributed by atoms with Gasteiger partial charge in [0.25, 0.3) is 5.69 Å². The third-order valence-corrected chi connectivity index (χ3v) is 7.07. The molecule has 2 aliphatic heterocycles. The molecule has 0 aliphatic carbocycles. The Balaban J connectivity index is 1.53. The minimum Gasteiger partial charge on any atom is -0.459 e. The standard InChI is InChI=1S/C26H21N3O3/c1-25(2)23-19-7-5-4-6-16(19)8-12-21(23)28(3)26(25)15-27-24-20-11-10-18(29(30)31)14-17(20)9-13-22(24)32-26/h4-15H,1-3H3. The zero-order valence-electron chi connectivity index (χ0n) is 18.0. The molecule has 0 bridgehead atoms. The van der Waals surface area contributed by atoms with Crippen LogP contribution in [0, 0.1) is 10.1 Å². The monoisotopic (exact) mass is 423 g/mol. The molecule has 0 N–H and O–H groups in total. The Hall–Kier alpha value is -3.93. The van der Waals surface area contributed by atoms with Crippen LogP contribution in [0.4, 0.5) is 17.1 Å². The maximum atomic E-state index is 11.2. The van der Waals surface area contributed by atoms with Crippen molar-refractivity contribution in [3.63, 3.8) is 0 Å². The van der Waals surface area contributed by atoms with E-state index in [9.17, 15) is 10.1 Å². The number of likely N-dealkylation sites (N-methyl/N-ethyl adjacent to an activating group) is 1. The average Bonchev–Trinajstić information content (AvgIpc) is 2.96. The predicted molar refractivity (Wildman–Crippen MR) is 127 cm³/mol. The van der Waals surface area contributed by atoms with Gasteiger partial charge in [-0.25, -0.2) is 0 Å². The molecule has 0 amide bonds.